The van der Waals surface area contributed by atoms with Gasteiger partial charge in [0.25, 0.3) is 5.91 Å². The van der Waals surface area contributed by atoms with Crippen LogP contribution in [0.15, 0.2) is 48.5 Å². The second-order valence-electron chi connectivity index (χ2n) is 6.96. The number of nitrogens with zero attached hydrogens (tertiary/aromatic N) is 2. The summed E-state index contributed by atoms with van der Waals surface area (Å²) in [5, 5.41) is 2.56. The third kappa shape index (κ3) is 2.90. The van der Waals surface area contributed by atoms with Crippen molar-refractivity contribution in [2.75, 3.05) is 5.06 Å². The highest BCUT2D eigenvalue weighted by Crippen LogP contribution is 2.48. The van der Waals surface area contributed by atoms with Crippen LogP contribution in [0, 0.1) is 5.92 Å². The van der Waals surface area contributed by atoms with E-state index >= 15 is 0 Å². The Balaban J connectivity index is 1.84. The molecule has 0 bridgehead atoms. The van der Waals surface area contributed by atoms with Gasteiger partial charge in [-0.05, 0) is 43.7 Å². The standard InChI is InChI=1S/C20H18Cl2N2O3/c1-11(2)23-19(25)16-17(14-9-8-12(21)10-15(14)22)24(27-18(16)20(23)26)13-6-4-3-5-7-13/h3-11,16-18H,1-2H3/t16-,17-,18+/m0/s1. The number of halogens is 2. The van der Waals surface area contributed by atoms with Crippen molar-refractivity contribution >= 4 is 40.7 Å². The fourth-order valence-corrected chi connectivity index (χ4v) is 4.32. The van der Waals surface area contributed by atoms with Gasteiger partial charge in [0.2, 0.25) is 5.91 Å². The highest BCUT2D eigenvalue weighted by molar-refractivity contribution is 6.35. The van der Waals surface area contributed by atoms with Crippen LogP contribution in [-0.4, -0.2) is 28.9 Å². The SMILES string of the molecule is CC(C)N1C(=O)[C@@H]2[C@@H](ON(c3ccccc3)[C@H]2c2ccc(Cl)cc2Cl)C1=O. The molecule has 2 heterocycles. The highest BCUT2D eigenvalue weighted by atomic mass is 35.5. The molecule has 0 N–H and O–H groups in total. The number of benzene rings is 2. The molecule has 5 nitrogen and oxygen atoms in total. The number of carbonyl (C=O) groups excluding carboxylic acids is 2. The summed E-state index contributed by atoms with van der Waals surface area (Å²) in [6, 6.07) is 13.8. The zero-order valence-electron chi connectivity index (χ0n) is 14.8. The topological polar surface area (TPSA) is 49.9 Å². The van der Waals surface area contributed by atoms with Crippen molar-refractivity contribution in [1.82, 2.24) is 4.90 Å². The molecule has 2 aliphatic rings. The van der Waals surface area contributed by atoms with Crippen molar-refractivity contribution in [3.8, 4) is 0 Å². The largest absolute Gasteiger partial charge is 0.277 e. The second-order valence-corrected chi connectivity index (χ2v) is 7.81. The van der Waals surface area contributed by atoms with Crippen LogP contribution in [0.4, 0.5) is 5.69 Å². The summed E-state index contributed by atoms with van der Waals surface area (Å²) in [5.74, 6) is -1.22. The lowest BCUT2D eigenvalue weighted by molar-refractivity contribution is -0.145. The summed E-state index contributed by atoms with van der Waals surface area (Å²) >= 11 is 12.5. The molecule has 0 saturated carbocycles. The summed E-state index contributed by atoms with van der Waals surface area (Å²) in [4.78, 5) is 33.2. The van der Waals surface area contributed by atoms with Gasteiger partial charge in [-0.2, -0.15) is 0 Å². The number of imide groups is 1. The molecule has 2 fully saturated rings. The number of likely N-dealkylation sites (tertiary alicyclic amines) is 1. The summed E-state index contributed by atoms with van der Waals surface area (Å²) in [6.07, 6.45) is -0.864. The monoisotopic (exact) mass is 404 g/mol. The van der Waals surface area contributed by atoms with E-state index in [0.29, 0.717) is 15.6 Å². The molecule has 7 heteroatoms. The van der Waals surface area contributed by atoms with Crippen LogP contribution < -0.4 is 5.06 Å². The number of fused-ring (bicyclic) bond motifs is 1. The number of hydrogen-bond acceptors (Lipinski definition) is 4. The molecule has 2 aromatic rings. The summed E-state index contributed by atoms with van der Waals surface area (Å²) in [5.41, 5.74) is 1.45. The van der Waals surface area contributed by atoms with Gasteiger partial charge in [-0.3, -0.25) is 19.3 Å². The van der Waals surface area contributed by atoms with Crippen LogP contribution >= 0.6 is 23.2 Å². The fourth-order valence-electron chi connectivity index (χ4n) is 3.80. The molecular formula is C20H18Cl2N2O3. The van der Waals surface area contributed by atoms with Crippen molar-refractivity contribution in [3.63, 3.8) is 0 Å². The smallest absolute Gasteiger partial charge is 0.262 e. The second kappa shape index (κ2) is 6.82. The Labute approximate surface area is 167 Å². The average molecular weight is 405 g/mol. The van der Waals surface area contributed by atoms with Crippen LogP contribution in [0.1, 0.15) is 25.5 Å². The van der Waals surface area contributed by atoms with Crippen LogP contribution in [0.5, 0.6) is 0 Å². The van der Waals surface area contributed by atoms with Gasteiger partial charge in [0.1, 0.15) is 5.92 Å². The zero-order chi connectivity index (χ0) is 19.3. The number of carbonyl (C=O) groups is 2. The molecule has 4 rings (SSSR count). The van der Waals surface area contributed by atoms with E-state index in [0.717, 1.165) is 5.69 Å². The van der Waals surface area contributed by atoms with Gasteiger partial charge in [0.15, 0.2) is 6.10 Å². The first-order valence-corrected chi connectivity index (χ1v) is 9.48. The number of hydrogen-bond donors (Lipinski definition) is 0. The van der Waals surface area contributed by atoms with Crippen molar-refractivity contribution in [3.05, 3.63) is 64.1 Å². The van der Waals surface area contributed by atoms with E-state index in [2.05, 4.69) is 0 Å². The van der Waals surface area contributed by atoms with Crippen molar-refractivity contribution in [2.45, 2.75) is 32.0 Å². The van der Waals surface area contributed by atoms with Gasteiger partial charge in [0.05, 0.1) is 11.7 Å². The first-order chi connectivity index (χ1) is 12.9. The van der Waals surface area contributed by atoms with Crippen molar-refractivity contribution in [2.24, 2.45) is 5.92 Å². The van der Waals surface area contributed by atoms with E-state index in [1.54, 1.807) is 23.3 Å². The first kappa shape index (κ1) is 18.3. The Hall–Kier alpha value is -2.08. The van der Waals surface area contributed by atoms with E-state index in [4.69, 9.17) is 28.0 Å². The Morgan fingerprint density at radius 2 is 1.70 bits per heavy atom. The normalized spacial score (nSPS) is 24.9. The molecule has 0 aromatic heterocycles. The maximum Gasteiger partial charge on any atom is 0.262 e. The van der Waals surface area contributed by atoms with E-state index in [1.807, 2.05) is 44.2 Å². The molecule has 3 atom stereocenters. The quantitative estimate of drug-likeness (QED) is 0.717. The third-order valence-corrected chi connectivity index (χ3v) is 5.52. The van der Waals surface area contributed by atoms with Gasteiger partial charge in [0, 0.05) is 16.1 Å². The van der Waals surface area contributed by atoms with E-state index < -0.39 is 18.1 Å². The molecule has 0 unspecified atom stereocenters. The molecule has 2 amide bonds. The predicted molar refractivity (Wildman–Crippen MR) is 103 cm³/mol. The molecule has 140 valence electrons. The lowest BCUT2D eigenvalue weighted by Crippen LogP contribution is -2.41. The van der Waals surface area contributed by atoms with Crippen LogP contribution in [-0.2, 0) is 14.4 Å². The third-order valence-electron chi connectivity index (χ3n) is 4.96. The molecule has 27 heavy (non-hydrogen) atoms. The maximum atomic E-state index is 13.1. The number of hydroxylamine groups is 1. The minimum atomic E-state index is -0.864. The summed E-state index contributed by atoms with van der Waals surface area (Å²) in [7, 11) is 0. The lowest BCUT2D eigenvalue weighted by atomic mass is 9.90. The van der Waals surface area contributed by atoms with Crippen LogP contribution in [0.3, 0.4) is 0 Å². The first-order valence-electron chi connectivity index (χ1n) is 8.73. The fraction of sp³-hybridized carbons (Fsp3) is 0.300. The van der Waals surface area contributed by atoms with Gasteiger partial charge in [-0.1, -0.05) is 47.5 Å². The van der Waals surface area contributed by atoms with E-state index in [-0.39, 0.29) is 17.9 Å². The van der Waals surface area contributed by atoms with E-state index in [9.17, 15) is 9.59 Å². The van der Waals surface area contributed by atoms with Gasteiger partial charge >= 0.3 is 0 Å². The molecule has 0 radical (unpaired) electrons. The minimum absolute atomic E-state index is 0.231. The molecule has 2 aliphatic heterocycles. The minimum Gasteiger partial charge on any atom is -0.277 e. The summed E-state index contributed by atoms with van der Waals surface area (Å²) in [6.45, 7) is 3.63. The average Bonchev–Trinajstić information content (AvgIpc) is 3.12. The van der Waals surface area contributed by atoms with Gasteiger partial charge in [-0.25, -0.2) is 5.06 Å². The van der Waals surface area contributed by atoms with Crippen LogP contribution in [0.2, 0.25) is 10.0 Å². The highest BCUT2D eigenvalue weighted by Gasteiger charge is 2.60. The van der Waals surface area contributed by atoms with Crippen LogP contribution in [0.25, 0.3) is 0 Å². The predicted octanol–water partition coefficient (Wildman–Crippen LogP) is 4.25. The lowest BCUT2D eigenvalue weighted by Gasteiger charge is -2.30. The number of rotatable bonds is 3. The Bertz CT molecular complexity index is 903. The number of amides is 2. The number of para-hydroxylation sites is 1. The molecule has 0 aliphatic carbocycles. The van der Waals surface area contributed by atoms with Crippen molar-refractivity contribution in [1.29, 1.82) is 0 Å². The number of anilines is 1. The molecule has 0 spiro atoms. The van der Waals surface area contributed by atoms with E-state index in [1.165, 1.54) is 4.90 Å². The summed E-state index contributed by atoms with van der Waals surface area (Å²) < 4.78 is 0. The Morgan fingerprint density at radius 3 is 2.33 bits per heavy atom. The zero-order valence-corrected chi connectivity index (χ0v) is 16.3. The molecule has 2 saturated heterocycles. The molecular weight excluding hydrogens is 387 g/mol. The van der Waals surface area contributed by atoms with Crippen molar-refractivity contribution < 1.29 is 14.4 Å². The Morgan fingerprint density at radius 1 is 1.00 bits per heavy atom. The van der Waals surface area contributed by atoms with Gasteiger partial charge < -0.3 is 0 Å². The Kier molecular flexibility index (Phi) is 4.62. The molecule has 2 aromatic carbocycles. The van der Waals surface area contributed by atoms with Gasteiger partial charge in [-0.15, -0.1) is 0 Å². The maximum absolute atomic E-state index is 13.1.